The molecule has 2 heterocycles. The Labute approximate surface area is 117 Å². The largest absolute Gasteiger partial charge is 0.474 e. The lowest BCUT2D eigenvalue weighted by Gasteiger charge is -2.23. The van der Waals surface area contributed by atoms with Crippen LogP contribution in [0.1, 0.15) is 28.0 Å². The first-order chi connectivity index (χ1) is 9.74. The maximum Gasteiger partial charge on any atom is 0.254 e. The normalized spacial score (nSPS) is 21.5. The summed E-state index contributed by atoms with van der Waals surface area (Å²) in [5.74, 6) is -0.155. The molecule has 2 aliphatic rings. The summed E-state index contributed by atoms with van der Waals surface area (Å²) in [4.78, 5) is 16.0. The standard InChI is InChI=1S/C14H19N3O3/c15-13(18)11-6-9-2-1-3-12(9)17-14(11)20-8-10-7-16-4-5-19-10/h6,10,16H,1-5,7-8H2,(H2,15,18). The maximum absolute atomic E-state index is 11.5. The molecule has 0 radical (unpaired) electrons. The van der Waals surface area contributed by atoms with Gasteiger partial charge in [-0.1, -0.05) is 0 Å². The number of aromatic nitrogens is 1. The van der Waals surface area contributed by atoms with Crippen molar-refractivity contribution in [3.63, 3.8) is 0 Å². The Balaban J connectivity index is 1.75. The lowest BCUT2D eigenvalue weighted by atomic mass is 10.1. The van der Waals surface area contributed by atoms with E-state index in [1.54, 1.807) is 0 Å². The third kappa shape index (κ3) is 2.76. The first kappa shape index (κ1) is 13.3. The summed E-state index contributed by atoms with van der Waals surface area (Å²) in [6.45, 7) is 2.66. The average molecular weight is 277 g/mol. The highest BCUT2D eigenvalue weighted by atomic mass is 16.5. The smallest absolute Gasteiger partial charge is 0.254 e. The van der Waals surface area contributed by atoms with Gasteiger partial charge in [0.15, 0.2) is 0 Å². The number of nitrogens with one attached hydrogen (secondary N) is 1. The predicted molar refractivity (Wildman–Crippen MR) is 72.9 cm³/mol. The molecule has 1 unspecified atom stereocenters. The number of carbonyl (C=O) groups is 1. The molecule has 3 rings (SSSR count). The van der Waals surface area contributed by atoms with E-state index in [0.717, 1.165) is 43.6 Å². The second-order valence-corrected chi connectivity index (χ2v) is 5.17. The highest BCUT2D eigenvalue weighted by molar-refractivity contribution is 5.95. The average Bonchev–Trinajstić information content (AvgIpc) is 2.92. The van der Waals surface area contributed by atoms with Gasteiger partial charge in [-0.15, -0.1) is 0 Å². The van der Waals surface area contributed by atoms with Crippen molar-refractivity contribution >= 4 is 5.91 Å². The highest BCUT2D eigenvalue weighted by Gasteiger charge is 2.21. The Morgan fingerprint density at radius 1 is 1.55 bits per heavy atom. The molecule has 1 amide bonds. The van der Waals surface area contributed by atoms with Crippen LogP contribution in [0.2, 0.25) is 0 Å². The number of amides is 1. The molecule has 0 bridgehead atoms. The van der Waals surface area contributed by atoms with Crippen molar-refractivity contribution in [2.75, 3.05) is 26.3 Å². The molecule has 1 aliphatic carbocycles. The van der Waals surface area contributed by atoms with Gasteiger partial charge >= 0.3 is 0 Å². The predicted octanol–water partition coefficient (Wildman–Crippen LogP) is 0.0364. The van der Waals surface area contributed by atoms with Crippen LogP contribution in [0.4, 0.5) is 0 Å². The van der Waals surface area contributed by atoms with E-state index in [4.69, 9.17) is 15.2 Å². The minimum atomic E-state index is -0.495. The number of fused-ring (bicyclic) bond motifs is 1. The summed E-state index contributed by atoms with van der Waals surface area (Å²) in [7, 11) is 0. The number of morpholine rings is 1. The number of nitrogens with two attached hydrogens (primary N) is 1. The molecule has 108 valence electrons. The fraction of sp³-hybridized carbons (Fsp3) is 0.571. The van der Waals surface area contributed by atoms with E-state index in [9.17, 15) is 4.79 Å². The summed E-state index contributed by atoms with van der Waals surface area (Å²) >= 11 is 0. The lowest BCUT2D eigenvalue weighted by molar-refractivity contribution is -0.000948. The van der Waals surface area contributed by atoms with Crippen LogP contribution < -0.4 is 15.8 Å². The molecule has 3 N–H and O–H groups in total. The van der Waals surface area contributed by atoms with Crippen LogP contribution in [-0.4, -0.2) is 43.3 Å². The molecule has 0 saturated carbocycles. The van der Waals surface area contributed by atoms with Crippen LogP contribution in [-0.2, 0) is 17.6 Å². The maximum atomic E-state index is 11.5. The monoisotopic (exact) mass is 277 g/mol. The van der Waals surface area contributed by atoms with Gasteiger partial charge in [-0.25, -0.2) is 4.98 Å². The second kappa shape index (κ2) is 5.76. The van der Waals surface area contributed by atoms with Crippen LogP contribution >= 0.6 is 0 Å². The zero-order valence-corrected chi connectivity index (χ0v) is 11.4. The van der Waals surface area contributed by atoms with Crippen molar-refractivity contribution in [3.05, 3.63) is 22.9 Å². The Bertz CT molecular complexity index is 513. The molecule has 1 saturated heterocycles. The van der Waals surface area contributed by atoms with E-state index in [1.165, 1.54) is 0 Å². The third-order valence-electron chi connectivity index (χ3n) is 3.69. The summed E-state index contributed by atoms with van der Waals surface area (Å²) in [6, 6.07) is 1.83. The van der Waals surface area contributed by atoms with Crippen molar-refractivity contribution in [2.45, 2.75) is 25.4 Å². The number of rotatable bonds is 4. The van der Waals surface area contributed by atoms with Crippen molar-refractivity contribution in [1.29, 1.82) is 0 Å². The fourth-order valence-corrected chi connectivity index (χ4v) is 2.64. The van der Waals surface area contributed by atoms with Gasteiger partial charge in [0.05, 0.1) is 6.61 Å². The SMILES string of the molecule is NC(=O)c1cc2c(nc1OCC1CNCCO1)CCC2. The lowest BCUT2D eigenvalue weighted by Crippen LogP contribution is -2.41. The van der Waals surface area contributed by atoms with Crippen LogP contribution in [0.25, 0.3) is 0 Å². The minimum absolute atomic E-state index is 0.0143. The van der Waals surface area contributed by atoms with Crippen LogP contribution in [0.5, 0.6) is 5.88 Å². The summed E-state index contributed by atoms with van der Waals surface area (Å²) < 4.78 is 11.2. The Hall–Kier alpha value is -1.66. The van der Waals surface area contributed by atoms with Gasteiger partial charge in [0, 0.05) is 18.8 Å². The van der Waals surface area contributed by atoms with Gasteiger partial charge in [0.25, 0.3) is 5.91 Å². The van der Waals surface area contributed by atoms with Gasteiger partial charge in [0.2, 0.25) is 5.88 Å². The van der Waals surface area contributed by atoms with Gasteiger partial charge < -0.3 is 20.5 Å². The molecule has 0 spiro atoms. The highest BCUT2D eigenvalue weighted by Crippen LogP contribution is 2.26. The van der Waals surface area contributed by atoms with Gasteiger partial charge in [0.1, 0.15) is 18.3 Å². The van der Waals surface area contributed by atoms with E-state index in [1.807, 2.05) is 6.07 Å². The number of ether oxygens (including phenoxy) is 2. The first-order valence-corrected chi connectivity index (χ1v) is 7.02. The van der Waals surface area contributed by atoms with Crippen molar-refractivity contribution in [3.8, 4) is 5.88 Å². The number of aryl methyl sites for hydroxylation is 2. The quantitative estimate of drug-likeness (QED) is 0.811. The molecule has 1 fully saturated rings. The Morgan fingerprint density at radius 3 is 3.20 bits per heavy atom. The number of pyridine rings is 1. The van der Waals surface area contributed by atoms with Gasteiger partial charge in [-0.05, 0) is 30.9 Å². The number of carbonyl (C=O) groups excluding carboxylic acids is 1. The molecule has 1 aromatic heterocycles. The molecule has 1 atom stereocenters. The van der Waals surface area contributed by atoms with Crippen molar-refractivity contribution in [1.82, 2.24) is 10.3 Å². The van der Waals surface area contributed by atoms with E-state index >= 15 is 0 Å². The van der Waals surface area contributed by atoms with E-state index in [2.05, 4.69) is 10.3 Å². The molecule has 0 aromatic carbocycles. The number of hydrogen-bond acceptors (Lipinski definition) is 5. The molecular weight excluding hydrogens is 258 g/mol. The molecule has 1 aromatic rings. The Morgan fingerprint density at radius 2 is 2.45 bits per heavy atom. The molecular formula is C14H19N3O3. The number of hydrogen-bond donors (Lipinski definition) is 2. The van der Waals surface area contributed by atoms with Gasteiger partial charge in [-0.2, -0.15) is 0 Å². The van der Waals surface area contributed by atoms with Crippen LogP contribution in [0.3, 0.4) is 0 Å². The summed E-state index contributed by atoms with van der Waals surface area (Å²) in [5, 5.41) is 3.23. The topological polar surface area (TPSA) is 86.5 Å². The molecule has 6 nitrogen and oxygen atoms in total. The van der Waals surface area contributed by atoms with Gasteiger partial charge in [-0.3, -0.25) is 4.79 Å². The molecule has 1 aliphatic heterocycles. The zero-order chi connectivity index (χ0) is 13.9. The van der Waals surface area contributed by atoms with E-state index < -0.39 is 5.91 Å². The third-order valence-corrected chi connectivity index (χ3v) is 3.69. The van der Waals surface area contributed by atoms with E-state index in [0.29, 0.717) is 24.7 Å². The summed E-state index contributed by atoms with van der Waals surface area (Å²) in [5.41, 5.74) is 7.92. The van der Waals surface area contributed by atoms with E-state index in [-0.39, 0.29) is 6.10 Å². The molecule has 6 heteroatoms. The number of nitrogens with zero attached hydrogens (tertiary/aromatic N) is 1. The zero-order valence-electron chi connectivity index (χ0n) is 11.4. The molecule has 20 heavy (non-hydrogen) atoms. The van der Waals surface area contributed by atoms with Crippen molar-refractivity contribution in [2.24, 2.45) is 5.73 Å². The second-order valence-electron chi connectivity index (χ2n) is 5.17. The first-order valence-electron chi connectivity index (χ1n) is 7.02. The van der Waals surface area contributed by atoms with Crippen molar-refractivity contribution < 1.29 is 14.3 Å². The Kier molecular flexibility index (Phi) is 3.84. The number of primary amides is 1. The van der Waals surface area contributed by atoms with Crippen LogP contribution in [0.15, 0.2) is 6.07 Å². The minimum Gasteiger partial charge on any atom is -0.474 e. The van der Waals surface area contributed by atoms with Crippen LogP contribution in [0, 0.1) is 0 Å². The fourth-order valence-electron chi connectivity index (χ4n) is 2.64. The summed E-state index contributed by atoms with van der Waals surface area (Å²) in [6.07, 6.45) is 2.95.